The summed E-state index contributed by atoms with van der Waals surface area (Å²) in [6.45, 7) is -7.14. The summed E-state index contributed by atoms with van der Waals surface area (Å²) in [5.74, 6) is -19.5. The van der Waals surface area contributed by atoms with Crippen molar-refractivity contribution in [2.45, 2.75) is 107 Å². The van der Waals surface area contributed by atoms with Crippen LogP contribution in [0.3, 0.4) is 0 Å². The molecule has 2 unspecified atom stereocenters. The van der Waals surface area contributed by atoms with Crippen LogP contribution in [0.5, 0.6) is 0 Å². The molecule has 4 atom stereocenters. The Morgan fingerprint density at radius 2 is 0.943 bits per heavy atom. The smallest absolute Gasteiger partial charge is 0.321 e. The maximum absolute atomic E-state index is 14.0. The van der Waals surface area contributed by atoms with Gasteiger partial charge >= 0.3 is 23.9 Å². The van der Waals surface area contributed by atoms with Crippen LogP contribution >= 0.6 is 0 Å². The number of hydrogen-bond acceptors (Lipinski definition) is 22. The molecule has 5 heterocycles. The maximum Gasteiger partial charge on any atom is 0.321 e. The van der Waals surface area contributed by atoms with Crippen LogP contribution < -0.4 is 42.5 Å². The normalized spacial score (nSPS) is 17.3. The second kappa shape index (κ2) is 37.5. The van der Waals surface area contributed by atoms with E-state index >= 15 is 0 Å². The van der Waals surface area contributed by atoms with E-state index in [1.807, 2.05) is 0 Å². The predicted octanol–water partition coefficient (Wildman–Crippen LogP) is -0.558. The molecule has 0 aliphatic carbocycles. The highest BCUT2D eigenvalue weighted by molar-refractivity contribution is 6.12. The maximum atomic E-state index is 14.0. The molecular weight excluding hydrogens is 1400 g/mol. The number of rotatable bonds is 35. The third-order valence-corrected chi connectivity index (χ3v) is 16.7. The van der Waals surface area contributed by atoms with Crippen LogP contribution in [-0.2, 0) is 57.5 Å². The summed E-state index contributed by atoms with van der Waals surface area (Å²) in [7, 11) is 0. The van der Waals surface area contributed by atoms with Gasteiger partial charge in [-0.25, -0.2) is 17.6 Å². The molecule has 0 spiro atoms. The fourth-order valence-electron chi connectivity index (χ4n) is 11.9. The number of carbonyl (C=O) groups is 14. The number of carbonyl (C=O) groups excluding carboxylic acids is 10. The van der Waals surface area contributed by atoms with Gasteiger partial charge in [-0.2, -0.15) is 10.5 Å². The van der Waals surface area contributed by atoms with E-state index in [4.69, 9.17) is 0 Å². The van der Waals surface area contributed by atoms with Gasteiger partial charge in [0.05, 0.1) is 118 Å². The molecule has 3 aliphatic rings. The zero-order valence-corrected chi connectivity index (χ0v) is 56.2. The third-order valence-electron chi connectivity index (χ3n) is 16.7. The minimum atomic E-state index is -3.29. The van der Waals surface area contributed by atoms with Crippen molar-refractivity contribution < 1.29 is 105 Å². The number of aromatic nitrogens is 2. The van der Waals surface area contributed by atoms with Crippen LogP contribution in [0.1, 0.15) is 91.3 Å². The van der Waals surface area contributed by atoms with Crippen LogP contribution in [-0.4, -0.2) is 271 Å². The first-order valence-electron chi connectivity index (χ1n) is 32.8. The lowest BCUT2D eigenvalue weighted by molar-refractivity contribution is -0.152. The highest BCUT2D eigenvalue weighted by Crippen LogP contribution is 2.33. The number of para-hydroxylation sites is 2. The number of nitrogens with zero attached hydrogens (tertiary/aromatic N) is 10. The van der Waals surface area contributed by atoms with Gasteiger partial charge in [0.15, 0.2) is 0 Å². The van der Waals surface area contributed by atoms with Crippen LogP contribution in [0, 0.1) is 22.7 Å². The molecule has 0 radical (unpaired) electrons. The molecule has 4 aromatic rings. The summed E-state index contributed by atoms with van der Waals surface area (Å²) in [5.41, 5.74) is 0.518. The number of halogens is 4. The molecule has 10 amide bonds. The number of aliphatic carboxylic acids is 4. The summed E-state index contributed by atoms with van der Waals surface area (Å²) in [5, 5.41) is 78.3. The molecule has 0 saturated carbocycles. The van der Waals surface area contributed by atoms with Crippen molar-refractivity contribution in [3.63, 3.8) is 0 Å². The van der Waals surface area contributed by atoms with Gasteiger partial charge in [-0.3, -0.25) is 96.7 Å². The lowest BCUT2D eigenvalue weighted by Crippen LogP contribution is -2.60. The number of unbranched alkanes of at least 4 members (excludes halogenated alkanes) is 1. The number of carboxylic acid groups (broad SMARTS) is 4. The molecule has 40 heteroatoms. The van der Waals surface area contributed by atoms with E-state index in [-0.39, 0.29) is 116 Å². The number of alkyl halides is 4. The second-order valence-electron chi connectivity index (χ2n) is 24.9. The Balaban J connectivity index is 0.922. The van der Waals surface area contributed by atoms with Crippen molar-refractivity contribution in [2.75, 3.05) is 103 Å². The molecule has 12 N–H and O–H groups in total. The number of likely N-dealkylation sites (tertiary alicyclic amines) is 2. The van der Waals surface area contributed by atoms with E-state index < -0.39 is 210 Å². The highest BCUT2D eigenvalue weighted by atomic mass is 19.3. The SMILES string of the molecule is N#C[C@@H]1CC(F)(F)CN1C(=O)CNC(=O)c1ccnc2c(NC(=O)CCC(=O)NCCCCC(NC(=O)CCC(=O)Nc3cccc4c(C(=O)NCC(=O)N5CC(F)(F)C[C@H]5C#N)ccnc34)C(=O)NCCNC(=O)CCC(C(=O)O)N3CN(CC(=O)O)CN(CC(=O)O)CN(CC(=O)O)C3)cccc12. The van der Waals surface area contributed by atoms with Crippen molar-refractivity contribution in [2.24, 2.45) is 0 Å². The van der Waals surface area contributed by atoms with Gasteiger partial charge in [0.2, 0.25) is 47.3 Å². The molecular formula is C65H76F4N18O18. The number of nitrogens with one attached hydrogen (secondary N) is 8. The number of pyridine rings is 2. The van der Waals surface area contributed by atoms with Crippen LogP contribution in [0.15, 0.2) is 60.9 Å². The van der Waals surface area contributed by atoms with Gasteiger partial charge in [-0.15, -0.1) is 0 Å². The fraction of sp³-hybridized carbons (Fsp3) is 0.477. The average molecular weight is 1470 g/mol. The van der Waals surface area contributed by atoms with E-state index in [2.05, 4.69) is 52.5 Å². The minimum absolute atomic E-state index is 0.0172. The van der Waals surface area contributed by atoms with Crippen LogP contribution in [0.2, 0.25) is 0 Å². The minimum Gasteiger partial charge on any atom is -0.480 e. The first-order chi connectivity index (χ1) is 49.8. The summed E-state index contributed by atoms with van der Waals surface area (Å²) < 4.78 is 55.9. The highest BCUT2D eigenvalue weighted by Gasteiger charge is 2.48. The molecule has 3 aliphatic heterocycles. The van der Waals surface area contributed by atoms with Gasteiger partial charge in [0, 0.05) is 87.7 Å². The standard InChI is InChI=1S/C65H76F4N18O18/c66-64(67)23-38(25-70)86(32-64)53(93)27-77-60(101)42-16-19-74-58-40(42)5-3-8-44(58)79-50(90)13-12-49(89)72-18-2-1-7-46(62(103)76-22-21-73-48(88)11-10-47(63(104)105)85-36-83(30-56(97)98)34-82(29-55(95)96)35-84(37-85)31-57(99)100)81-52(92)15-14-51(91)80-45-9-4-6-41-43(17-20-75-59(41)45)61(102)78-28-54(94)87-33-65(68,69)24-39(87)26-71/h3-6,8-9,16-17,19-20,38-39,46-47H,1-2,7,10-15,18,21-24,27-37H2,(H,72,89)(H,73,88)(H,76,103)(H,77,101)(H,78,102)(H,79,90)(H,80,91)(H,81,92)(H,95,96)(H,97,98)(H,99,100)(H,104,105)/t38-,39-,46?,47?/m0/s1. The molecule has 0 bridgehead atoms. The molecule has 3 saturated heterocycles. The van der Waals surface area contributed by atoms with E-state index in [0.29, 0.717) is 9.80 Å². The van der Waals surface area contributed by atoms with Gasteiger partial charge in [-0.1, -0.05) is 24.3 Å². The summed E-state index contributed by atoms with van der Waals surface area (Å²) >= 11 is 0. The second-order valence-corrected chi connectivity index (χ2v) is 24.9. The Morgan fingerprint density at radius 3 is 1.40 bits per heavy atom. The lowest BCUT2D eigenvalue weighted by atomic mass is 10.1. The van der Waals surface area contributed by atoms with Crippen molar-refractivity contribution in [3.05, 3.63) is 72.1 Å². The predicted molar refractivity (Wildman–Crippen MR) is 355 cm³/mol. The van der Waals surface area contributed by atoms with Crippen molar-refractivity contribution in [1.29, 1.82) is 10.5 Å². The van der Waals surface area contributed by atoms with Gasteiger partial charge in [-0.05, 0) is 49.9 Å². The monoisotopic (exact) mass is 1470 g/mol. The fourth-order valence-corrected chi connectivity index (χ4v) is 11.9. The number of nitriles is 2. The Hall–Kier alpha value is -11.6. The van der Waals surface area contributed by atoms with Crippen molar-refractivity contribution in [3.8, 4) is 12.1 Å². The summed E-state index contributed by atoms with van der Waals surface area (Å²) in [4.78, 5) is 195. The quantitative estimate of drug-likeness (QED) is 0.0203. The molecule has 2 aromatic heterocycles. The number of benzene rings is 2. The zero-order chi connectivity index (χ0) is 76.7. The molecule has 105 heavy (non-hydrogen) atoms. The molecule has 2 aromatic carbocycles. The van der Waals surface area contributed by atoms with Gasteiger partial charge in [0.25, 0.3) is 23.7 Å². The zero-order valence-electron chi connectivity index (χ0n) is 56.2. The largest absolute Gasteiger partial charge is 0.480 e. The molecule has 3 fully saturated rings. The first-order valence-corrected chi connectivity index (χ1v) is 32.8. The number of amides is 10. The topological polar surface area (TPSA) is 509 Å². The Bertz CT molecular complexity index is 4040. The first kappa shape index (κ1) is 80.7. The van der Waals surface area contributed by atoms with E-state index in [1.54, 1.807) is 12.1 Å². The van der Waals surface area contributed by atoms with E-state index in [0.717, 1.165) is 0 Å². The third kappa shape index (κ3) is 24.3. The Morgan fingerprint density at radius 1 is 0.514 bits per heavy atom. The summed E-state index contributed by atoms with van der Waals surface area (Å²) in [6.07, 6.45) is -1.27. The number of carboxylic acids is 4. The average Bonchev–Trinajstić information content (AvgIpc) is 1.51. The van der Waals surface area contributed by atoms with Crippen molar-refractivity contribution in [1.82, 2.24) is 71.3 Å². The van der Waals surface area contributed by atoms with Crippen LogP contribution in [0.25, 0.3) is 21.8 Å². The summed E-state index contributed by atoms with van der Waals surface area (Å²) in [6, 6.07) is 9.33. The van der Waals surface area contributed by atoms with Gasteiger partial charge < -0.3 is 72.8 Å². The molecule has 562 valence electrons. The van der Waals surface area contributed by atoms with Crippen LogP contribution in [0.4, 0.5) is 28.9 Å². The molecule has 7 rings (SSSR count). The number of hydrogen-bond donors (Lipinski definition) is 12. The molecule has 36 nitrogen and oxygen atoms in total. The van der Waals surface area contributed by atoms with Crippen molar-refractivity contribution >= 4 is 116 Å². The Kier molecular flexibility index (Phi) is 28.8. The Labute approximate surface area is 594 Å². The van der Waals surface area contributed by atoms with Gasteiger partial charge in [0.1, 0.15) is 24.2 Å². The van der Waals surface area contributed by atoms with E-state index in [1.165, 1.54) is 80.5 Å². The lowest BCUT2D eigenvalue weighted by Gasteiger charge is -2.42. The van der Waals surface area contributed by atoms with E-state index in [9.17, 15) is 116 Å². The number of anilines is 2. The number of fused-ring (bicyclic) bond motifs is 2.